The number of aliphatic hydroxyl groups excluding tert-OH is 1. The molecule has 0 aromatic rings. The topological polar surface area (TPSA) is 69.6 Å². The maximum Gasteiger partial charge on any atom is 0.351 e. The molecule has 0 fully saturated rings. The molecule has 0 amide bonds. The van der Waals surface area contributed by atoms with Crippen LogP contribution in [0.2, 0.25) is 0 Å². The summed E-state index contributed by atoms with van der Waals surface area (Å²) in [6.07, 6.45) is 0. The Morgan fingerprint density at radius 2 is 2.25 bits per heavy atom. The van der Waals surface area contributed by atoms with Crippen LogP contribution >= 0.6 is 0 Å². The van der Waals surface area contributed by atoms with Crippen molar-refractivity contribution in [2.24, 2.45) is 0 Å². The zero-order chi connectivity index (χ0) is 6.57. The van der Waals surface area contributed by atoms with Crippen LogP contribution in [0.25, 0.3) is 0 Å². The van der Waals surface area contributed by atoms with Gasteiger partial charge in [-0.2, -0.15) is 0 Å². The highest BCUT2D eigenvalue weighted by molar-refractivity contribution is 5.84. The molecule has 8 heavy (non-hydrogen) atoms. The van der Waals surface area contributed by atoms with Crippen LogP contribution in [-0.4, -0.2) is 22.9 Å². The largest absolute Gasteiger partial charge is 0.477 e. The molecule has 0 aliphatic carbocycles. The van der Waals surface area contributed by atoms with E-state index >= 15 is 0 Å². The number of rotatable bonds is 3. The SMILES string of the molecule is C=C(NCO)C(=O)O. The first-order valence-corrected chi connectivity index (χ1v) is 1.95. The summed E-state index contributed by atoms with van der Waals surface area (Å²) in [6, 6.07) is 0. The number of aliphatic carboxylic acids is 1. The van der Waals surface area contributed by atoms with Crippen molar-refractivity contribution in [1.29, 1.82) is 0 Å². The van der Waals surface area contributed by atoms with Crippen molar-refractivity contribution < 1.29 is 15.0 Å². The molecule has 0 radical (unpaired) electrons. The van der Waals surface area contributed by atoms with Crippen molar-refractivity contribution in [2.45, 2.75) is 0 Å². The minimum Gasteiger partial charge on any atom is -0.477 e. The Balaban J connectivity index is 3.49. The second kappa shape index (κ2) is 3.04. The minimum absolute atomic E-state index is 0.201. The van der Waals surface area contributed by atoms with E-state index in [0.717, 1.165) is 0 Å². The highest BCUT2D eigenvalue weighted by Gasteiger charge is 1.98. The molecule has 0 saturated carbocycles. The Bertz CT molecular complexity index is 110. The molecule has 4 nitrogen and oxygen atoms in total. The van der Waals surface area contributed by atoms with Crippen molar-refractivity contribution in [3.05, 3.63) is 12.3 Å². The molecule has 46 valence electrons. The van der Waals surface area contributed by atoms with Gasteiger partial charge in [0.1, 0.15) is 12.4 Å². The van der Waals surface area contributed by atoms with Gasteiger partial charge in [-0.3, -0.25) is 0 Å². The fourth-order valence-corrected chi connectivity index (χ4v) is 0.171. The highest BCUT2D eigenvalue weighted by atomic mass is 16.4. The summed E-state index contributed by atoms with van der Waals surface area (Å²) in [5, 5.41) is 18.2. The molecule has 0 heterocycles. The van der Waals surface area contributed by atoms with E-state index in [1.54, 1.807) is 0 Å². The molecule has 0 aromatic carbocycles. The zero-order valence-corrected chi connectivity index (χ0v) is 4.22. The monoisotopic (exact) mass is 117 g/mol. The van der Waals surface area contributed by atoms with Crippen molar-refractivity contribution in [3.8, 4) is 0 Å². The third-order valence-corrected chi connectivity index (χ3v) is 0.551. The predicted molar refractivity (Wildman–Crippen MR) is 27.0 cm³/mol. The lowest BCUT2D eigenvalue weighted by atomic mass is 10.5. The number of aliphatic hydroxyl groups is 1. The second-order valence-corrected chi connectivity index (χ2v) is 1.12. The van der Waals surface area contributed by atoms with E-state index in [1.807, 2.05) is 0 Å². The number of carboxylic acids is 1. The number of nitrogens with one attached hydrogen (secondary N) is 1. The van der Waals surface area contributed by atoms with Gasteiger partial charge in [0.05, 0.1) is 0 Å². The summed E-state index contributed by atoms with van der Waals surface area (Å²) in [5.41, 5.74) is -0.201. The van der Waals surface area contributed by atoms with Crippen LogP contribution in [0, 0.1) is 0 Å². The molecule has 0 spiro atoms. The summed E-state index contributed by atoms with van der Waals surface area (Å²) in [7, 11) is 0. The smallest absolute Gasteiger partial charge is 0.351 e. The van der Waals surface area contributed by atoms with Crippen LogP contribution < -0.4 is 5.32 Å². The number of hydrogen-bond acceptors (Lipinski definition) is 3. The highest BCUT2D eigenvalue weighted by Crippen LogP contribution is 1.78. The zero-order valence-electron chi connectivity index (χ0n) is 4.22. The van der Waals surface area contributed by atoms with Crippen molar-refractivity contribution in [2.75, 3.05) is 6.73 Å². The van der Waals surface area contributed by atoms with Gasteiger partial charge in [0.2, 0.25) is 0 Å². The lowest BCUT2D eigenvalue weighted by Crippen LogP contribution is -2.19. The Morgan fingerprint density at radius 3 is 2.38 bits per heavy atom. The Labute approximate surface area is 46.4 Å². The minimum atomic E-state index is -1.15. The van der Waals surface area contributed by atoms with Gasteiger partial charge in [-0.05, 0) is 0 Å². The van der Waals surface area contributed by atoms with Crippen LogP contribution in [-0.2, 0) is 4.79 Å². The van der Waals surface area contributed by atoms with E-state index in [1.165, 1.54) is 0 Å². The first-order valence-electron chi connectivity index (χ1n) is 1.95. The molecule has 3 N–H and O–H groups in total. The average Bonchev–Trinajstić information content (AvgIpc) is 1.67. The van der Waals surface area contributed by atoms with Crippen molar-refractivity contribution >= 4 is 5.97 Å². The Kier molecular flexibility index (Phi) is 2.64. The van der Waals surface area contributed by atoms with Gasteiger partial charge in [0.15, 0.2) is 0 Å². The van der Waals surface area contributed by atoms with Gasteiger partial charge >= 0.3 is 5.97 Å². The first-order chi connectivity index (χ1) is 3.68. The third kappa shape index (κ3) is 2.20. The average molecular weight is 117 g/mol. The van der Waals surface area contributed by atoms with Gasteiger partial charge in [-0.15, -0.1) is 0 Å². The van der Waals surface area contributed by atoms with Gasteiger partial charge in [0, 0.05) is 0 Å². The first kappa shape index (κ1) is 6.97. The number of carbonyl (C=O) groups is 1. The molecule has 0 saturated heterocycles. The fraction of sp³-hybridized carbons (Fsp3) is 0.250. The van der Waals surface area contributed by atoms with E-state index in [4.69, 9.17) is 10.2 Å². The summed E-state index contributed by atoms with van der Waals surface area (Å²) in [4.78, 5) is 9.82. The Hall–Kier alpha value is -1.03. The molecule has 0 aliphatic rings. The van der Waals surface area contributed by atoms with Crippen LogP contribution in [0.4, 0.5) is 0 Å². The quantitative estimate of drug-likeness (QED) is 0.332. The molecule has 0 unspecified atom stereocenters. The summed E-state index contributed by atoms with van der Waals surface area (Å²) < 4.78 is 0. The maximum atomic E-state index is 9.82. The molecule has 0 atom stereocenters. The van der Waals surface area contributed by atoms with Crippen LogP contribution in [0.5, 0.6) is 0 Å². The molecular formula is C4H7NO3. The van der Waals surface area contributed by atoms with Crippen molar-refractivity contribution in [1.82, 2.24) is 5.32 Å². The lowest BCUT2D eigenvalue weighted by molar-refractivity contribution is -0.133. The molecule has 0 aliphatic heterocycles. The van der Waals surface area contributed by atoms with Gasteiger partial charge in [0.25, 0.3) is 0 Å². The molecule has 0 rings (SSSR count). The molecule has 4 heteroatoms. The summed E-state index contributed by atoms with van der Waals surface area (Å²) >= 11 is 0. The van der Waals surface area contributed by atoms with Gasteiger partial charge in [-0.1, -0.05) is 6.58 Å². The maximum absolute atomic E-state index is 9.82. The van der Waals surface area contributed by atoms with E-state index < -0.39 is 12.7 Å². The third-order valence-electron chi connectivity index (χ3n) is 0.551. The van der Waals surface area contributed by atoms with Gasteiger partial charge in [-0.25, -0.2) is 4.79 Å². The van der Waals surface area contributed by atoms with Crippen LogP contribution in [0.15, 0.2) is 12.3 Å². The van der Waals surface area contributed by atoms with Crippen LogP contribution in [0.1, 0.15) is 0 Å². The molecular weight excluding hydrogens is 110 g/mol. The van der Waals surface area contributed by atoms with Crippen LogP contribution in [0.3, 0.4) is 0 Å². The fourth-order valence-electron chi connectivity index (χ4n) is 0.171. The van der Waals surface area contributed by atoms with E-state index in [0.29, 0.717) is 0 Å². The Morgan fingerprint density at radius 1 is 1.75 bits per heavy atom. The summed E-state index contributed by atoms with van der Waals surface area (Å²) in [5.74, 6) is -1.15. The van der Waals surface area contributed by atoms with E-state index in [-0.39, 0.29) is 5.70 Å². The number of hydrogen-bond donors (Lipinski definition) is 3. The molecule has 0 bridgehead atoms. The standard InChI is InChI=1S/C4H7NO3/c1-3(4(7)8)5-2-6/h5-6H,1-2H2,(H,7,8). The predicted octanol–water partition coefficient (Wildman–Crippen LogP) is -0.876. The van der Waals surface area contributed by atoms with Crippen molar-refractivity contribution in [3.63, 3.8) is 0 Å². The molecule has 0 aromatic heterocycles. The second-order valence-electron chi connectivity index (χ2n) is 1.12. The van der Waals surface area contributed by atoms with E-state index in [9.17, 15) is 4.79 Å². The van der Waals surface area contributed by atoms with Gasteiger partial charge < -0.3 is 15.5 Å². The number of carboxylic acid groups (broad SMARTS) is 1. The van der Waals surface area contributed by atoms with E-state index in [2.05, 4.69) is 11.9 Å². The normalized spacial score (nSPS) is 8.12. The summed E-state index contributed by atoms with van der Waals surface area (Å²) in [6.45, 7) is 2.68. The lowest BCUT2D eigenvalue weighted by Gasteiger charge is -1.97.